The fourth-order valence-corrected chi connectivity index (χ4v) is 3.33. The van der Waals surface area contributed by atoms with Crippen molar-refractivity contribution in [3.63, 3.8) is 0 Å². The molecular formula is C12H16ClFN2O3S. The molecule has 1 heterocycles. The van der Waals surface area contributed by atoms with Crippen molar-refractivity contribution in [2.24, 2.45) is 0 Å². The van der Waals surface area contributed by atoms with Crippen molar-refractivity contribution >= 4 is 21.6 Å². The molecule has 0 radical (unpaired) electrons. The van der Waals surface area contributed by atoms with Gasteiger partial charge in [0.05, 0.1) is 18.5 Å². The molecule has 0 amide bonds. The number of hydrogen-bond donors (Lipinski definition) is 2. The van der Waals surface area contributed by atoms with E-state index in [0.29, 0.717) is 13.2 Å². The number of sulfonamides is 1. The van der Waals surface area contributed by atoms with Gasteiger partial charge in [0.2, 0.25) is 10.0 Å². The minimum Gasteiger partial charge on any atom is -0.374 e. The predicted octanol–water partition coefficient (Wildman–Crippen LogP) is 0.887. The molecule has 1 unspecified atom stereocenters. The third-order valence-electron chi connectivity index (χ3n) is 2.94. The Morgan fingerprint density at radius 2 is 2.30 bits per heavy atom. The van der Waals surface area contributed by atoms with Gasteiger partial charge < -0.3 is 10.1 Å². The topological polar surface area (TPSA) is 67.4 Å². The molecule has 1 saturated heterocycles. The lowest BCUT2D eigenvalue weighted by atomic mass is 10.2. The Morgan fingerprint density at radius 1 is 1.50 bits per heavy atom. The second kappa shape index (κ2) is 6.82. The Hall–Kier alpha value is -0.730. The van der Waals surface area contributed by atoms with Crippen LogP contribution in [0.3, 0.4) is 0 Å². The number of ether oxygens (including phenoxy) is 1. The first-order chi connectivity index (χ1) is 9.48. The van der Waals surface area contributed by atoms with E-state index in [0.717, 1.165) is 6.54 Å². The van der Waals surface area contributed by atoms with Gasteiger partial charge in [0.25, 0.3) is 0 Å². The van der Waals surface area contributed by atoms with E-state index in [1.165, 1.54) is 18.2 Å². The molecule has 1 atom stereocenters. The quantitative estimate of drug-likeness (QED) is 0.845. The van der Waals surface area contributed by atoms with E-state index >= 15 is 0 Å². The summed E-state index contributed by atoms with van der Waals surface area (Å²) < 4.78 is 45.0. The maximum atomic E-state index is 13.5. The average Bonchev–Trinajstić information content (AvgIpc) is 2.38. The molecule has 5 nitrogen and oxygen atoms in total. The zero-order valence-corrected chi connectivity index (χ0v) is 12.3. The highest BCUT2D eigenvalue weighted by Gasteiger charge is 2.22. The number of nitrogens with one attached hydrogen (secondary N) is 2. The van der Waals surface area contributed by atoms with Crippen LogP contribution in [0.4, 0.5) is 4.39 Å². The first-order valence-corrected chi connectivity index (χ1v) is 8.23. The molecule has 8 heteroatoms. The molecule has 2 rings (SSSR count). The van der Waals surface area contributed by atoms with Crippen LogP contribution >= 0.6 is 11.6 Å². The van der Waals surface area contributed by atoms with Gasteiger partial charge in [-0.15, -0.1) is 0 Å². The number of morpholine rings is 1. The smallest absolute Gasteiger partial charge is 0.214 e. The Labute approximate surface area is 122 Å². The zero-order valence-electron chi connectivity index (χ0n) is 10.7. The van der Waals surface area contributed by atoms with Gasteiger partial charge in [0, 0.05) is 30.2 Å². The maximum Gasteiger partial charge on any atom is 0.214 e. The molecule has 0 saturated carbocycles. The average molecular weight is 323 g/mol. The lowest BCUT2D eigenvalue weighted by molar-refractivity contribution is 0.0429. The largest absolute Gasteiger partial charge is 0.374 e. The van der Waals surface area contributed by atoms with Gasteiger partial charge in [-0.05, 0) is 12.1 Å². The van der Waals surface area contributed by atoms with E-state index in [-0.39, 0.29) is 22.9 Å². The lowest BCUT2D eigenvalue weighted by Crippen LogP contribution is -2.44. The van der Waals surface area contributed by atoms with E-state index in [9.17, 15) is 12.8 Å². The van der Waals surface area contributed by atoms with Crippen molar-refractivity contribution in [1.29, 1.82) is 0 Å². The summed E-state index contributed by atoms with van der Waals surface area (Å²) in [6.07, 6.45) is -0.391. The van der Waals surface area contributed by atoms with Crippen LogP contribution in [-0.2, 0) is 21.3 Å². The van der Waals surface area contributed by atoms with Crippen LogP contribution in [0.2, 0.25) is 5.02 Å². The summed E-state index contributed by atoms with van der Waals surface area (Å²) in [7, 11) is -3.55. The summed E-state index contributed by atoms with van der Waals surface area (Å²) in [5.41, 5.74) is 0.139. The van der Waals surface area contributed by atoms with Crippen LogP contribution in [-0.4, -0.2) is 40.0 Å². The summed E-state index contributed by atoms with van der Waals surface area (Å²) in [5.74, 6) is -0.692. The van der Waals surface area contributed by atoms with E-state index in [1.807, 2.05) is 0 Å². The molecule has 1 fully saturated rings. The van der Waals surface area contributed by atoms with Crippen molar-refractivity contribution in [2.75, 3.05) is 25.4 Å². The molecule has 0 aromatic heterocycles. The zero-order chi connectivity index (χ0) is 14.6. The molecule has 1 aliphatic rings. The Bertz CT molecular complexity index is 542. The van der Waals surface area contributed by atoms with Gasteiger partial charge in [-0.25, -0.2) is 17.5 Å². The number of halogens is 2. The summed E-state index contributed by atoms with van der Waals surface area (Å²) in [5, 5.41) is 3.25. The van der Waals surface area contributed by atoms with Crippen LogP contribution in [0.1, 0.15) is 5.56 Å². The van der Waals surface area contributed by atoms with Crippen molar-refractivity contribution in [1.82, 2.24) is 10.0 Å². The monoisotopic (exact) mass is 322 g/mol. The molecule has 112 valence electrons. The highest BCUT2D eigenvalue weighted by Crippen LogP contribution is 2.18. The number of hydrogen-bond acceptors (Lipinski definition) is 4. The fourth-order valence-electron chi connectivity index (χ4n) is 1.91. The third-order valence-corrected chi connectivity index (χ3v) is 4.69. The van der Waals surface area contributed by atoms with Crippen LogP contribution in [0.15, 0.2) is 18.2 Å². The number of benzene rings is 1. The molecule has 2 N–H and O–H groups in total. The van der Waals surface area contributed by atoms with Gasteiger partial charge in [0.1, 0.15) is 5.82 Å². The standard InChI is InChI=1S/C12H16ClFN2O3S/c13-11-2-1-3-12(14)10(11)7-16-20(17,18)8-9-6-15-4-5-19-9/h1-3,9,15-16H,4-8H2. The first kappa shape index (κ1) is 15.7. The van der Waals surface area contributed by atoms with Gasteiger partial charge in [0.15, 0.2) is 0 Å². The minimum absolute atomic E-state index is 0.139. The van der Waals surface area contributed by atoms with Gasteiger partial charge in [-0.3, -0.25) is 0 Å². The van der Waals surface area contributed by atoms with E-state index in [4.69, 9.17) is 16.3 Å². The summed E-state index contributed by atoms with van der Waals surface area (Å²) in [6.45, 7) is 1.52. The normalized spacial score (nSPS) is 20.0. The predicted molar refractivity (Wildman–Crippen MR) is 74.6 cm³/mol. The van der Waals surface area contributed by atoms with Crippen molar-refractivity contribution < 1.29 is 17.5 Å². The summed E-state index contributed by atoms with van der Waals surface area (Å²) in [6, 6.07) is 4.23. The summed E-state index contributed by atoms with van der Waals surface area (Å²) in [4.78, 5) is 0. The van der Waals surface area contributed by atoms with Crippen LogP contribution in [0, 0.1) is 5.82 Å². The van der Waals surface area contributed by atoms with Gasteiger partial charge in [-0.1, -0.05) is 17.7 Å². The minimum atomic E-state index is -3.55. The Kier molecular flexibility index (Phi) is 5.34. The van der Waals surface area contributed by atoms with Crippen molar-refractivity contribution in [3.05, 3.63) is 34.6 Å². The third kappa shape index (κ3) is 4.39. The Morgan fingerprint density at radius 3 is 2.95 bits per heavy atom. The van der Waals surface area contributed by atoms with Crippen molar-refractivity contribution in [3.8, 4) is 0 Å². The van der Waals surface area contributed by atoms with Crippen molar-refractivity contribution in [2.45, 2.75) is 12.6 Å². The van der Waals surface area contributed by atoms with Crippen LogP contribution in [0.5, 0.6) is 0 Å². The number of rotatable bonds is 5. The second-order valence-corrected chi connectivity index (χ2v) is 6.76. The van der Waals surface area contributed by atoms with E-state index in [2.05, 4.69) is 10.0 Å². The van der Waals surface area contributed by atoms with Gasteiger partial charge >= 0.3 is 0 Å². The summed E-state index contributed by atoms with van der Waals surface area (Å²) >= 11 is 5.84. The molecule has 0 bridgehead atoms. The second-order valence-electron chi connectivity index (χ2n) is 4.50. The molecule has 1 aromatic rings. The van der Waals surface area contributed by atoms with Crippen LogP contribution < -0.4 is 10.0 Å². The molecule has 1 aromatic carbocycles. The van der Waals surface area contributed by atoms with Crippen LogP contribution in [0.25, 0.3) is 0 Å². The molecule has 0 aliphatic carbocycles. The SMILES string of the molecule is O=S(=O)(CC1CNCCO1)NCc1c(F)cccc1Cl. The Balaban J connectivity index is 1.95. The van der Waals surface area contributed by atoms with E-state index < -0.39 is 21.9 Å². The first-order valence-electron chi connectivity index (χ1n) is 6.20. The molecule has 1 aliphatic heterocycles. The molecule has 0 spiro atoms. The maximum absolute atomic E-state index is 13.5. The molecule has 20 heavy (non-hydrogen) atoms. The highest BCUT2D eigenvalue weighted by molar-refractivity contribution is 7.89. The van der Waals surface area contributed by atoms with Gasteiger partial charge in [-0.2, -0.15) is 0 Å². The van der Waals surface area contributed by atoms with E-state index in [1.54, 1.807) is 0 Å². The lowest BCUT2D eigenvalue weighted by Gasteiger charge is -2.23. The fraction of sp³-hybridized carbons (Fsp3) is 0.500. The molecular weight excluding hydrogens is 307 g/mol. The highest BCUT2D eigenvalue weighted by atomic mass is 35.5.